The summed E-state index contributed by atoms with van der Waals surface area (Å²) in [6.07, 6.45) is 1.26. The number of likely N-dealkylation sites (tertiary alicyclic amines) is 1. The van der Waals surface area contributed by atoms with E-state index >= 15 is 0 Å². The van der Waals surface area contributed by atoms with Crippen molar-refractivity contribution in [1.29, 1.82) is 5.26 Å². The zero-order valence-corrected chi connectivity index (χ0v) is 10.0. The lowest BCUT2D eigenvalue weighted by molar-refractivity contribution is -0.127. The van der Waals surface area contributed by atoms with E-state index in [1.165, 1.54) is 11.1 Å². The lowest BCUT2D eigenvalue weighted by Gasteiger charge is -2.16. The zero-order chi connectivity index (χ0) is 12.3. The van der Waals surface area contributed by atoms with Crippen LogP contribution in [0.3, 0.4) is 0 Å². The van der Waals surface area contributed by atoms with Gasteiger partial charge in [-0.3, -0.25) is 4.79 Å². The Kier molecular flexibility index (Phi) is 3.43. The van der Waals surface area contributed by atoms with Crippen molar-refractivity contribution in [2.75, 3.05) is 13.1 Å². The summed E-state index contributed by atoms with van der Waals surface area (Å²) in [7, 11) is 0. The normalized spacial score (nSPS) is 19.4. The first-order valence-electron chi connectivity index (χ1n) is 5.92. The van der Waals surface area contributed by atoms with Gasteiger partial charge in [-0.1, -0.05) is 24.3 Å². The van der Waals surface area contributed by atoms with E-state index in [0.717, 1.165) is 13.0 Å². The number of benzene rings is 1. The molecule has 1 fully saturated rings. The van der Waals surface area contributed by atoms with Gasteiger partial charge in [-0.2, -0.15) is 5.26 Å². The van der Waals surface area contributed by atoms with Crippen molar-refractivity contribution in [3.8, 4) is 6.07 Å². The molecule has 2 rings (SSSR count). The van der Waals surface area contributed by atoms with Crippen LogP contribution in [0.5, 0.6) is 0 Å². The molecule has 0 bridgehead atoms. The smallest absolute Gasteiger partial charge is 0.224 e. The average molecular weight is 228 g/mol. The Bertz CT molecular complexity index is 462. The number of hydrogen-bond donors (Lipinski definition) is 0. The molecule has 1 aliphatic rings. The molecule has 3 heteroatoms. The molecule has 1 aliphatic heterocycles. The second-order valence-corrected chi connectivity index (χ2v) is 4.55. The maximum atomic E-state index is 11.6. The van der Waals surface area contributed by atoms with Crippen molar-refractivity contribution in [3.05, 3.63) is 35.4 Å². The fourth-order valence-corrected chi connectivity index (χ4v) is 2.22. The Morgan fingerprint density at radius 3 is 2.88 bits per heavy atom. The Labute approximate surface area is 102 Å². The molecule has 1 heterocycles. The van der Waals surface area contributed by atoms with E-state index in [9.17, 15) is 4.79 Å². The van der Waals surface area contributed by atoms with Gasteiger partial charge in [0.25, 0.3) is 0 Å². The summed E-state index contributed by atoms with van der Waals surface area (Å²) < 4.78 is 0. The van der Waals surface area contributed by atoms with Crippen molar-refractivity contribution < 1.29 is 4.79 Å². The van der Waals surface area contributed by atoms with Gasteiger partial charge >= 0.3 is 0 Å². The number of nitriles is 1. The molecule has 1 aromatic carbocycles. The summed E-state index contributed by atoms with van der Waals surface area (Å²) in [5.41, 5.74) is 2.54. The van der Waals surface area contributed by atoms with Crippen LogP contribution in [0.25, 0.3) is 0 Å². The molecule has 0 aromatic heterocycles. The first kappa shape index (κ1) is 11.7. The van der Waals surface area contributed by atoms with Gasteiger partial charge in [-0.25, -0.2) is 0 Å². The van der Waals surface area contributed by atoms with Crippen molar-refractivity contribution in [3.63, 3.8) is 0 Å². The summed E-state index contributed by atoms with van der Waals surface area (Å²) in [4.78, 5) is 13.4. The van der Waals surface area contributed by atoms with Crippen molar-refractivity contribution >= 4 is 5.91 Å². The van der Waals surface area contributed by atoms with Gasteiger partial charge in [0.05, 0.1) is 12.0 Å². The van der Waals surface area contributed by atoms with Crippen molar-refractivity contribution in [2.24, 2.45) is 5.92 Å². The second kappa shape index (κ2) is 5.01. The molecule has 0 aliphatic carbocycles. The molecule has 3 nitrogen and oxygen atoms in total. The van der Waals surface area contributed by atoms with E-state index in [4.69, 9.17) is 5.26 Å². The lowest BCUT2D eigenvalue weighted by Crippen LogP contribution is -2.27. The summed E-state index contributed by atoms with van der Waals surface area (Å²) in [6.45, 7) is 3.41. The number of amides is 1. The van der Waals surface area contributed by atoms with Gasteiger partial charge in [0, 0.05) is 19.5 Å². The Morgan fingerprint density at radius 1 is 1.47 bits per heavy atom. The molecule has 1 atom stereocenters. The number of aryl methyl sites for hydroxylation is 1. The van der Waals surface area contributed by atoms with E-state index in [-0.39, 0.29) is 11.8 Å². The molecule has 1 unspecified atom stereocenters. The second-order valence-electron chi connectivity index (χ2n) is 4.55. The standard InChI is InChI=1S/C14H16N2O/c1-11-4-2-3-5-13(11)6-7-16-10-12(9-15)8-14(16)17/h2-5,12H,6-8,10H2,1H3. The van der Waals surface area contributed by atoms with Gasteiger partial charge in [0.2, 0.25) is 5.91 Å². The van der Waals surface area contributed by atoms with E-state index in [1.54, 1.807) is 4.90 Å². The number of carbonyl (C=O) groups is 1. The fourth-order valence-electron chi connectivity index (χ4n) is 2.22. The number of rotatable bonds is 3. The first-order chi connectivity index (χ1) is 8.20. The molecule has 1 aromatic rings. The Hall–Kier alpha value is -1.82. The van der Waals surface area contributed by atoms with Crippen LogP contribution in [0.2, 0.25) is 0 Å². The minimum absolute atomic E-state index is 0.112. The molecule has 0 N–H and O–H groups in total. The molecule has 17 heavy (non-hydrogen) atoms. The van der Waals surface area contributed by atoms with Gasteiger partial charge in [-0.05, 0) is 24.5 Å². The van der Waals surface area contributed by atoms with E-state index in [0.29, 0.717) is 13.0 Å². The van der Waals surface area contributed by atoms with E-state index in [2.05, 4.69) is 25.1 Å². The molecule has 1 amide bonds. The zero-order valence-electron chi connectivity index (χ0n) is 10.0. The Balaban J connectivity index is 1.94. The predicted molar refractivity (Wildman–Crippen MR) is 65.2 cm³/mol. The molecule has 0 spiro atoms. The molecule has 1 saturated heterocycles. The quantitative estimate of drug-likeness (QED) is 0.793. The summed E-state index contributed by atoms with van der Waals surface area (Å²) >= 11 is 0. The van der Waals surface area contributed by atoms with Crippen LogP contribution < -0.4 is 0 Å². The maximum Gasteiger partial charge on any atom is 0.224 e. The summed E-state index contributed by atoms with van der Waals surface area (Å²) in [5, 5.41) is 8.80. The van der Waals surface area contributed by atoms with Gasteiger partial charge < -0.3 is 4.90 Å². The number of hydrogen-bond acceptors (Lipinski definition) is 2. The predicted octanol–water partition coefficient (Wildman–Crippen LogP) is 1.91. The number of carbonyl (C=O) groups excluding carboxylic acids is 1. The maximum absolute atomic E-state index is 11.6. The summed E-state index contributed by atoms with van der Waals surface area (Å²) in [6, 6.07) is 10.4. The highest BCUT2D eigenvalue weighted by Gasteiger charge is 2.28. The highest BCUT2D eigenvalue weighted by Crippen LogP contribution is 2.17. The lowest BCUT2D eigenvalue weighted by atomic mass is 10.1. The van der Waals surface area contributed by atoms with Crippen LogP contribution in [-0.4, -0.2) is 23.9 Å². The minimum atomic E-state index is -0.112. The Morgan fingerprint density at radius 2 is 2.24 bits per heavy atom. The summed E-state index contributed by atoms with van der Waals surface area (Å²) in [5.74, 6) is 0.00417. The topological polar surface area (TPSA) is 44.1 Å². The van der Waals surface area contributed by atoms with E-state index < -0.39 is 0 Å². The average Bonchev–Trinajstić information content (AvgIpc) is 2.69. The van der Waals surface area contributed by atoms with Gasteiger partial charge in [-0.15, -0.1) is 0 Å². The minimum Gasteiger partial charge on any atom is -0.341 e. The van der Waals surface area contributed by atoms with Crippen molar-refractivity contribution in [2.45, 2.75) is 19.8 Å². The first-order valence-corrected chi connectivity index (χ1v) is 5.92. The van der Waals surface area contributed by atoms with Gasteiger partial charge in [0.15, 0.2) is 0 Å². The van der Waals surface area contributed by atoms with E-state index in [1.807, 2.05) is 12.1 Å². The monoisotopic (exact) mass is 228 g/mol. The SMILES string of the molecule is Cc1ccccc1CCN1CC(C#N)CC1=O. The van der Waals surface area contributed by atoms with Crippen LogP contribution in [-0.2, 0) is 11.2 Å². The third kappa shape index (κ3) is 2.65. The fraction of sp³-hybridized carbons (Fsp3) is 0.429. The molecular weight excluding hydrogens is 212 g/mol. The molecule has 0 radical (unpaired) electrons. The van der Waals surface area contributed by atoms with Crippen LogP contribution in [0, 0.1) is 24.2 Å². The third-order valence-electron chi connectivity index (χ3n) is 3.31. The van der Waals surface area contributed by atoms with Crippen LogP contribution in [0.15, 0.2) is 24.3 Å². The largest absolute Gasteiger partial charge is 0.341 e. The highest BCUT2D eigenvalue weighted by molar-refractivity contribution is 5.79. The highest BCUT2D eigenvalue weighted by atomic mass is 16.2. The van der Waals surface area contributed by atoms with Gasteiger partial charge in [0.1, 0.15) is 0 Å². The van der Waals surface area contributed by atoms with Crippen LogP contribution in [0.1, 0.15) is 17.5 Å². The molecule has 0 saturated carbocycles. The molecule has 88 valence electrons. The third-order valence-corrected chi connectivity index (χ3v) is 3.31. The number of nitrogens with zero attached hydrogens (tertiary/aromatic N) is 2. The van der Waals surface area contributed by atoms with Crippen LogP contribution >= 0.6 is 0 Å². The molecular formula is C14H16N2O. The van der Waals surface area contributed by atoms with Crippen molar-refractivity contribution in [1.82, 2.24) is 4.90 Å². The van der Waals surface area contributed by atoms with Crippen LogP contribution in [0.4, 0.5) is 0 Å².